The fourth-order valence-electron chi connectivity index (χ4n) is 4.23. The molecule has 36 heavy (non-hydrogen) atoms. The number of rotatable bonds is 9. The van der Waals surface area contributed by atoms with Crippen LogP contribution in [0.3, 0.4) is 0 Å². The first kappa shape index (κ1) is 24.3. The molecule has 0 fully saturated rings. The van der Waals surface area contributed by atoms with E-state index in [1.807, 2.05) is 6.07 Å². The van der Waals surface area contributed by atoms with Crippen LogP contribution in [0.1, 0.15) is 29.3 Å². The molecule has 0 bridgehead atoms. The lowest BCUT2D eigenvalue weighted by molar-refractivity contribution is 0.294. The zero-order chi connectivity index (χ0) is 24.6. The number of hydrogen-bond acceptors (Lipinski definition) is 4. The maximum Gasteiger partial charge on any atom is 0.122 e. The van der Waals surface area contributed by atoms with E-state index in [0.29, 0.717) is 6.61 Å². The van der Waals surface area contributed by atoms with Gasteiger partial charge in [0.1, 0.15) is 12.4 Å². The van der Waals surface area contributed by atoms with Crippen molar-refractivity contribution in [1.82, 2.24) is 4.90 Å². The van der Waals surface area contributed by atoms with Gasteiger partial charge in [-0.1, -0.05) is 61.2 Å². The molecule has 0 unspecified atom stereocenters. The lowest BCUT2D eigenvalue weighted by Crippen LogP contribution is -2.24. The van der Waals surface area contributed by atoms with Crippen molar-refractivity contribution in [3.63, 3.8) is 0 Å². The molecule has 3 aromatic carbocycles. The Hall–Kier alpha value is -3.36. The van der Waals surface area contributed by atoms with E-state index < -0.39 is 0 Å². The van der Waals surface area contributed by atoms with Crippen molar-refractivity contribution in [3.05, 3.63) is 111 Å². The van der Waals surface area contributed by atoms with Crippen molar-refractivity contribution in [3.8, 4) is 28.7 Å². The average molecular weight is 508 g/mol. The molecule has 4 heteroatoms. The summed E-state index contributed by atoms with van der Waals surface area (Å²) in [6.07, 6.45) is 1.10. The van der Waals surface area contributed by atoms with Gasteiger partial charge in [0, 0.05) is 17.0 Å². The van der Waals surface area contributed by atoms with Crippen molar-refractivity contribution in [1.29, 1.82) is 0 Å². The zero-order valence-corrected chi connectivity index (χ0v) is 22.1. The van der Waals surface area contributed by atoms with Crippen molar-refractivity contribution < 1.29 is 4.74 Å². The quantitative estimate of drug-likeness (QED) is 0.186. The monoisotopic (exact) mass is 507 g/mol. The van der Waals surface area contributed by atoms with Crippen molar-refractivity contribution in [2.45, 2.75) is 26.5 Å². The van der Waals surface area contributed by atoms with Crippen molar-refractivity contribution >= 4 is 33.4 Å². The van der Waals surface area contributed by atoms with Crippen LogP contribution in [-0.2, 0) is 13.2 Å². The first-order valence-corrected chi connectivity index (χ1v) is 14.1. The molecule has 0 N–H and O–H groups in total. The summed E-state index contributed by atoms with van der Waals surface area (Å²) >= 11 is 3.48. The maximum absolute atomic E-state index is 6.15. The third kappa shape index (κ3) is 6.44. The Labute approximate surface area is 221 Å². The van der Waals surface area contributed by atoms with E-state index in [-0.39, 0.29) is 0 Å². The van der Waals surface area contributed by atoms with Crippen LogP contribution in [0.25, 0.3) is 21.9 Å². The summed E-state index contributed by atoms with van der Waals surface area (Å²) in [5, 5.41) is 8.99. The molecule has 0 atom stereocenters. The maximum atomic E-state index is 6.15. The minimum Gasteiger partial charge on any atom is -0.488 e. The van der Waals surface area contributed by atoms with E-state index in [0.717, 1.165) is 37.4 Å². The standard InChI is InChI=1S/C32H29NOS2/c1-2-15-33(16-6-8-25-12-13-27-9-3-4-10-28(27)18-25)21-26-7-5-11-31(19-26)34-22-32-20-30(24-36-32)29-14-17-35-23-29/h3-5,7,9-14,17-20,23-24H,2,15-16,21-22H2,1H3. The smallest absolute Gasteiger partial charge is 0.122 e. The summed E-state index contributed by atoms with van der Waals surface area (Å²) in [7, 11) is 0. The highest BCUT2D eigenvalue weighted by atomic mass is 32.1. The molecule has 180 valence electrons. The molecular formula is C32H29NOS2. The molecule has 0 aliphatic rings. The number of thiophene rings is 2. The van der Waals surface area contributed by atoms with Gasteiger partial charge in [0.15, 0.2) is 0 Å². The minimum atomic E-state index is 0.591. The minimum absolute atomic E-state index is 0.591. The number of nitrogens with zero attached hydrogens (tertiary/aromatic N) is 1. The van der Waals surface area contributed by atoms with Gasteiger partial charge in [0.05, 0.1) is 6.54 Å². The lowest BCUT2D eigenvalue weighted by atomic mass is 10.1. The molecule has 2 aromatic heterocycles. The molecular weight excluding hydrogens is 478 g/mol. The zero-order valence-electron chi connectivity index (χ0n) is 20.4. The van der Waals surface area contributed by atoms with E-state index in [9.17, 15) is 0 Å². The SMILES string of the molecule is CCCN(CC#Cc1ccc2ccccc2c1)Cc1cccc(OCc2cc(-c3ccsc3)cs2)c1. The number of fused-ring (bicyclic) bond motifs is 1. The highest BCUT2D eigenvalue weighted by Crippen LogP contribution is 2.28. The van der Waals surface area contributed by atoms with Crippen LogP contribution in [0.4, 0.5) is 0 Å². The largest absolute Gasteiger partial charge is 0.488 e. The molecule has 2 nitrogen and oxygen atoms in total. The van der Waals surface area contributed by atoms with Crippen LogP contribution in [0.2, 0.25) is 0 Å². The van der Waals surface area contributed by atoms with E-state index >= 15 is 0 Å². The molecule has 2 heterocycles. The van der Waals surface area contributed by atoms with Crippen LogP contribution >= 0.6 is 22.7 Å². The van der Waals surface area contributed by atoms with E-state index in [1.165, 1.54) is 32.3 Å². The molecule has 5 rings (SSSR count). The summed E-state index contributed by atoms with van der Waals surface area (Å²) < 4.78 is 6.15. The summed E-state index contributed by atoms with van der Waals surface area (Å²) in [6, 6.07) is 27.7. The van der Waals surface area contributed by atoms with E-state index in [4.69, 9.17) is 4.74 Å². The molecule has 0 aliphatic carbocycles. The van der Waals surface area contributed by atoms with Gasteiger partial charge in [0.2, 0.25) is 0 Å². The normalized spacial score (nSPS) is 10.9. The molecule has 0 saturated carbocycles. The Morgan fingerprint density at radius 2 is 1.78 bits per heavy atom. The van der Waals surface area contributed by atoms with Crippen molar-refractivity contribution in [2.75, 3.05) is 13.1 Å². The topological polar surface area (TPSA) is 12.5 Å². The van der Waals surface area contributed by atoms with Gasteiger partial charge in [-0.2, -0.15) is 11.3 Å². The fraction of sp³-hybridized carbons (Fsp3) is 0.188. The second kappa shape index (κ2) is 12.1. The van der Waals surface area contributed by atoms with Gasteiger partial charge in [-0.25, -0.2) is 0 Å². The first-order chi connectivity index (χ1) is 17.8. The van der Waals surface area contributed by atoms with Gasteiger partial charge < -0.3 is 4.74 Å². The van der Waals surface area contributed by atoms with Crippen LogP contribution < -0.4 is 4.74 Å². The van der Waals surface area contributed by atoms with Crippen LogP contribution in [0, 0.1) is 11.8 Å². The second-order valence-corrected chi connectivity index (χ2v) is 10.6. The fourth-order valence-corrected chi connectivity index (χ4v) is 5.70. The van der Waals surface area contributed by atoms with Gasteiger partial charge >= 0.3 is 0 Å². The molecule has 0 saturated heterocycles. The van der Waals surface area contributed by atoms with Gasteiger partial charge in [-0.3, -0.25) is 4.90 Å². The highest BCUT2D eigenvalue weighted by molar-refractivity contribution is 7.10. The third-order valence-electron chi connectivity index (χ3n) is 6.02. The predicted octanol–water partition coefficient (Wildman–Crippen LogP) is 8.47. The number of ether oxygens (including phenoxy) is 1. The Morgan fingerprint density at radius 3 is 2.64 bits per heavy atom. The first-order valence-electron chi connectivity index (χ1n) is 12.3. The van der Waals surface area contributed by atoms with Gasteiger partial charge in [0.25, 0.3) is 0 Å². The van der Waals surface area contributed by atoms with Crippen LogP contribution in [0.5, 0.6) is 5.75 Å². The summed E-state index contributed by atoms with van der Waals surface area (Å²) in [5.41, 5.74) is 4.87. The van der Waals surface area contributed by atoms with Crippen LogP contribution in [0.15, 0.2) is 95.0 Å². The Balaban J connectivity index is 1.19. The molecule has 0 radical (unpaired) electrons. The van der Waals surface area contributed by atoms with E-state index in [1.54, 1.807) is 22.7 Å². The lowest BCUT2D eigenvalue weighted by Gasteiger charge is -2.19. The average Bonchev–Trinajstić information content (AvgIpc) is 3.60. The summed E-state index contributed by atoms with van der Waals surface area (Å²) in [6.45, 7) is 5.42. The Kier molecular flexibility index (Phi) is 8.15. The van der Waals surface area contributed by atoms with Crippen molar-refractivity contribution in [2.24, 2.45) is 0 Å². The summed E-state index contributed by atoms with van der Waals surface area (Å²) in [4.78, 5) is 3.64. The summed E-state index contributed by atoms with van der Waals surface area (Å²) in [5.74, 6) is 7.67. The third-order valence-corrected chi connectivity index (χ3v) is 7.61. The van der Waals surface area contributed by atoms with Gasteiger partial charge in [-0.05, 0) is 93.0 Å². The molecule has 0 spiro atoms. The number of benzene rings is 3. The van der Waals surface area contributed by atoms with E-state index in [2.05, 4.69) is 113 Å². The molecule has 0 aliphatic heterocycles. The molecule has 0 amide bonds. The Bertz CT molecular complexity index is 1470. The Morgan fingerprint density at radius 1 is 0.861 bits per heavy atom. The predicted molar refractivity (Wildman–Crippen MR) is 155 cm³/mol. The highest BCUT2D eigenvalue weighted by Gasteiger charge is 2.07. The molecule has 5 aromatic rings. The second-order valence-electron chi connectivity index (χ2n) is 8.82. The van der Waals surface area contributed by atoms with Crippen LogP contribution in [-0.4, -0.2) is 18.0 Å². The number of hydrogen-bond donors (Lipinski definition) is 0. The van der Waals surface area contributed by atoms with Gasteiger partial charge in [-0.15, -0.1) is 11.3 Å².